The lowest BCUT2D eigenvalue weighted by atomic mass is 9.74. The van der Waals surface area contributed by atoms with Crippen molar-refractivity contribution in [3.05, 3.63) is 35.1 Å². The maximum absolute atomic E-state index is 14.5. The minimum absolute atomic E-state index is 0.0621. The van der Waals surface area contributed by atoms with Crippen LogP contribution in [-0.2, 0) is 15.0 Å². The van der Waals surface area contributed by atoms with Gasteiger partial charge in [0.15, 0.2) is 0 Å². The Bertz CT molecular complexity index is 752. The standard InChI is InChI=1S/C15H15F4N3O3/c1-6-10-11(15(17,18)19)25-13(21)22-14(10,5-24-6)8-4-7(12(20)23)2-3-9(8)16/h2-4,6,10-11H,5H2,1H3,(H2,20,23)(H2,21,22)/t6-,10+,11?,14-/m1/s1. The van der Waals surface area contributed by atoms with Gasteiger partial charge in [-0.2, -0.15) is 13.2 Å². The molecule has 2 aliphatic heterocycles. The van der Waals surface area contributed by atoms with Crippen molar-refractivity contribution in [2.45, 2.75) is 30.8 Å². The molecule has 1 aromatic rings. The van der Waals surface area contributed by atoms with E-state index in [0.29, 0.717) is 0 Å². The fourth-order valence-corrected chi connectivity index (χ4v) is 3.47. The van der Waals surface area contributed by atoms with E-state index in [9.17, 15) is 22.4 Å². The highest BCUT2D eigenvalue weighted by Crippen LogP contribution is 2.51. The lowest BCUT2D eigenvalue weighted by Crippen LogP contribution is -2.55. The third-order valence-corrected chi connectivity index (χ3v) is 4.55. The summed E-state index contributed by atoms with van der Waals surface area (Å²) in [6.07, 6.45) is -8.02. The van der Waals surface area contributed by atoms with Crippen LogP contribution in [0.15, 0.2) is 23.2 Å². The average molecular weight is 361 g/mol. The summed E-state index contributed by atoms with van der Waals surface area (Å²) < 4.78 is 64.9. The fourth-order valence-electron chi connectivity index (χ4n) is 3.47. The van der Waals surface area contributed by atoms with Gasteiger partial charge in [-0.05, 0) is 25.1 Å². The zero-order valence-corrected chi connectivity index (χ0v) is 13.0. The second kappa shape index (κ2) is 5.58. The maximum Gasteiger partial charge on any atom is 0.426 e. The Labute approximate surface area is 139 Å². The lowest BCUT2D eigenvalue weighted by molar-refractivity contribution is -0.226. The van der Waals surface area contributed by atoms with Crippen molar-refractivity contribution in [2.24, 2.45) is 22.4 Å². The van der Waals surface area contributed by atoms with E-state index in [-0.39, 0.29) is 17.7 Å². The molecule has 25 heavy (non-hydrogen) atoms. The third kappa shape index (κ3) is 2.70. The SMILES string of the molecule is C[C@H]1OC[C@]2(c3cc(C(N)=O)ccc3F)N=C(N)OC(C(F)(F)F)[C@H]12. The largest absolute Gasteiger partial charge is 0.452 e. The molecule has 0 aromatic heterocycles. The van der Waals surface area contributed by atoms with Crippen LogP contribution in [0.2, 0.25) is 0 Å². The molecule has 136 valence electrons. The van der Waals surface area contributed by atoms with E-state index in [4.69, 9.17) is 20.9 Å². The van der Waals surface area contributed by atoms with Gasteiger partial charge in [-0.25, -0.2) is 9.38 Å². The van der Waals surface area contributed by atoms with Crippen molar-refractivity contribution in [3.63, 3.8) is 0 Å². The van der Waals surface area contributed by atoms with Gasteiger partial charge < -0.3 is 20.9 Å². The molecule has 4 atom stereocenters. The van der Waals surface area contributed by atoms with Crippen LogP contribution in [0.5, 0.6) is 0 Å². The molecule has 1 fully saturated rings. The van der Waals surface area contributed by atoms with Gasteiger partial charge in [0.2, 0.25) is 12.0 Å². The summed E-state index contributed by atoms with van der Waals surface area (Å²) in [7, 11) is 0. The summed E-state index contributed by atoms with van der Waals surface area (Å²) in [4.78, 5) is 15.4. The number of nitrogens with zero attached hydrogens (tertiary/aromatic N) is 1. The highest BCUT2D eigenvalue weighted by atomic mass is 19.4. The van der Waals surface area contributed by atoms with Crippen molar-refractivity contribution in [1.29, 1.82) is 0 Å². The first-order valence-electron chi connectivity index (χ1n) is 7.36. The van der Waals surface area contributed by atoms with Gasteiger partial charge in [0.1, 0.15) is 11.4 Å². The number of nitrogens with two attached hydrogens (primary N) is 2. The molecule has 0 spiro atoms. The molecule has 2 aliphatic rings. The van der Waals surface area contributed by atoms with Gasteiger partial charge >= 0.3 is 6.18 Å². The lowest BCUT2D eigenvalue weighted by Gasteiger charge is -2.41. The Hall–Kier alpha value is -2.36. The normalized spacial score (nSPS) is 31.9. The predicted octanol–water partition coefficient (Wildman–Crippen LogP) is 1.43. The molecule has 4 N–H and O–H groups in total. The van der Waals surface area contributed by atoms with Crippen molar-refractivity contribution >= 4 is 11.9 Å². The molecular formula is C15H15F4N3O3. The first-order valence-corrected chi connectivity index (χ1v) is 7.36. The zero-order chi connectivity index (χ0) is 18.6. The van der Waals surface area contributed by atoms with Gasteiger partial charge in [-0.1, -0.05) is 0 Å². The van der Waals surface area contributed by atoms with Gasteiger partial charge in [0, 0.05) is 11.1 Å². The molecular weight excluding hydrogens is 346 g/mol. The van der Waals surface area contributed by atoms with E-state index < -0.39 is 47.6 Å². The summed E-state index contributed by atoms with van der Waals surface area (Å²) in [5.74, 6) is -3.07. The molecule has 3 rings (SSSR count). The van der Waals surface area contributed by atoms with E-state index in [2.05, 4.69) is 4.99 Å². The predicted molar refractivity (Wildman–Crippen MR) is 78.1 cm³/mol. The Morgan fingerprint density at radius 1 is 1.40 bits per heavy atom. The number of carbonyl (C=O) groups is 1. The van der Waals surface area contributed by atoms with Crippen LogP contribution in [0.4, 0.5) is 17.6 Å². The minimum Gasteiger partial charge on any atom is -0.452 e. The molecule has 0 saturated carbocycles. The van der Waals surface area contributed by atoms with Crippen LogP contribution in [0, 0.1) is 11.7 Å². The Balaban J connectivity index is 2.23. The van der Waals surface area contributed by atoms with Crippen LogP contribution in [-0.4, -0.2) is 36.9 Å². The first kappa shape index (κ1) is 17.5. The molecule has 1 saturated heterocycles. The quantitative estimate of drug-likeness (QED) is 0.779. The maximum atomic E-state index is 14.5. The third-order valence-electron chi connectivity index (χ3n) is 4.55. The van der Waals surface area contributed by atoms with Gasteiger partial charge in [-0.3, -0.25) is 4.79 Å². The Morgan fingerprint density at radius 3 is 2.68 bits per heavy atom. The summed E-state index contributed by atoms with van der Waals surface area (Å²) in [6.45, 7) is 1.08. The number of fused-ring (bicyclic) bond motifs is 1. The molecule has 2 heterocycles. The zero-order valence-electron chi connectivity index (χ0n) is 13.0. The number of hydrogen-bond donors (Lipinski definition) is 2. The second-order valence-electron chi connectivity index (χ2n) is 6.06. The number of hydrogen-bond acceptors (Lipinski definition) is 5. The van der Waals surface area contributed by atoms with E-state index in [1.165, 1.54) is 6.92 Å². The minimum atomic E-state index is -4.77. The number of amides is 1. The molecule has 1 unspecified atom stereocenters. The van der Waals surface area contributed by atoms with Crippen molar-refractivity contribution in [1.82, 2.24) is 0 Å². The first-order chi connectivity index (χ1) is 11.6. The fraction of sp³-hybridized carbons (Fsp3) is 0.467. The summed E-state index contributed by atoms with van der Waals surface area (Å²) in [5, 5.41) is 0. The molecule has 0 bridgehead atoms. The van der Waals surface area contributed by atoms with Crippen LogP contribution < -0.4 is 11.5 Å². The van der Waals surface area contributed by atoms with Crippen LogP contribution in [0.1, 0.15) is 22.8 Å². The van der Waals surface area contributed by atoms with Gasteiger partial charge in [0.25, 0.3) is 6.02 Å². The number of halogens is 4. The van der Waals surface area contributed by atoms with Crippen molar-refractivity contribution in [3.8, 4) is 0 Å². The molecule has 1 aromatic carbocycles. The molecule has 0 aliphatic carbocycles. The molecule has 10 heteroatoms. The Kier molecular flexibility index (Phi) is 3.90. The van der Waals surface area contributed by atoms with E-state index in [1.807, 2.05) is 0 Å². The van der Waals surface area contributed by atoms with Gasteiger partial charge in [-0.15, -0.1) is 0 Å². The highest BCUT2D eigenvalue weighted by molar-refractivity contribution is 5.93. The summed E-state index contributed by atoms with van der Waals surface area (Å²) in [6, 6.07) is 2.45. The molecule has 6 nitrogen and oxygen atoms in total. The monoisotopic (exact) mass is 361 g/mol. The summed E-state index contributed by atoms with van der Waals surface area (Å²) >= 11 is 0. The second-order valence-corrected chi connectivity index (χ2v) is 6.06. The average Bonchev–Trinajstić information content (AvgIpc) is 2.83. The van der Waals surface area contributed by atoms with Crippen LogP contribution in [0.25, 0.3) is 0 Å². The number of ether oxygens (including phenoxy) is 2. The van der Waals surface area contributed by atoms with Gasteiger partial charge in [0.05, 0.1) is 18.6 Å². The molecule has 0 radical (unpaired) electrons. The van der Waals surface area contributed by atoms with Crippen molar-refractivity contribution in [2.75, 3.05) is 6.61 Å². The number of alkyl halides is 3. The van der Waals surface area contributed by atoms with Crippen LogP contribution >= 0.6 is 0 Å². The topological polar surface area (TPSA) is 99.9 Å². The highest BCUT2D eigenvalue weighted by Gasteiger charge is 2.64. The Morgan fingerprint density at radius 2 is 2.08 bits per heavy atom. The summed E-state index contributed by atoms with van der Waals surface area (Å²) in [5.41, 5.74) is 8.58. The van der Waals surface area contributed by atoms with Crippen molar-refractivity contribution < 1.29 is 31.8 Å². The van der Waals surface area contributed by atoms with E-state index in [0.717, 1.165) is 18.2 Å². The number of amidine groups is 1. The van der Waals surface area contributed by atoms with Crippen LogP contribution in [0.3, 0.4) is 0 Å². The number of rotatable bonds is 2. The van der Waals surface area contributed by atoms with E-state index in [1.54, 1.807) is 0 Å². The number of carbonyl (C=O) groups excluding carboxylic acids is 1. The van der Waals surface area contributed by atoms with E-state index >= 15 is 0 Å². The number of benzene rings is 1. The number of primary amides is 1. The smallest absolute Gasteiger partial charge is 0.426 e. The number of aliphatic imine (C=N–C) groups is 1. The molecule has 1 amide bonds.